The maximum Gasteiger partial charge on any atom is 0.234 e. The summed E-state index contributed by atoms with van der Waals surface area (Å²) < 4.78 is 1.88. The zero-order chi connectivity index (χ0) is 16.7. The molecule has 0 atom stereocenters. The molecule has 0 radical (unpaired) electrons. The molecule has 0 aliphatic heterocycles. The summed E-state index contributed by atoms with van der Waals surface area (Å²) in [4.78, 5) is 12.2. The number of hydrogen-bond acceptors (Lipinski definition) is 3. The summed E-state index contributed by atoms with van der Waals surface area (Å²) in [6.07, 6.45) is 5.58. The number of nitrogens with one attached hydrogen (secondary N) is 2. The van der Waals surface area contributed by atoms with E-state index in [0.29, 0.717) is 17.3 Å². The van der Waals surface area contributed by atoms with Crippen LogP contribution in [0.3, 0.4) is 0 Å². The zero-order valence-electron chi connectivity index (χ0n) is 13.2. The lowest BCUT2D eigenvalue weighted by Gasteiger charge is -2.02. The number of nitrogens with zero attached hydrogens (tertiary/aromatic N) is 3. The molecule has 120 valence electrons. The summed E-state index contributed by atoms with van der Waals surface area (Å²) in [5.74, 6) is 0.654. The summed E-state index contributed by atoms with van der Waals surface area (Å²) >= 11 is 6.49. The van der Waals surface area contributed by atoms with Crippen LogP contribution >= 0.6 is 11.6 Å². The van der Waals surface area contributed by atoms with E-state index in [-0.39, 0.29) is 0 Å². The van der Waals surface area contributed by atoms with Gasteiger partial charge in [0.2, 0.25) is 5.78 Å². The molecule has 0 saturated heterocycles. The lowest BCUT2D eigenvalue weighted by molar-refractivity contribution is 0.798. The number of rotatable bonds is 4. The van der Waals surface area contributed by atoms with Gasteiger partial charge in [0.15, 0.2) is 0 Å². The van der Waals surface area contributed by atoms with E-state index in [2.05, 4.69) is 32.9 Å². The number of H-pyrrole nitrogens is 1. The van der Waals surface area contributed by atoms with Gasteiger partial charge < -0.3 is 10.3 Å². The van der Waals surface area contributed by atoms with Crippen molar-refractivity contribution in [2.45, 2.75) is 13.5 Å². The molecule has 2 N–H and O–H groups in total. The third-order valence-electron chi connectivity index (χ3n) is 3.86. The Kier molecular flexibility index (Phi) is 3.50. The van der Waals surface area contributed by atoms with Gasteiger partial charge in [-0.2, -0.15) is 0 Å². The molecule has 0 saturated carbocycles. The van der Waals surface area contributed by atoms with Crippen molar-refractivity contribution in [1.82, 2.24) is 24.7 Å². The normalized spacial score (nSPS) is 11.2. The molecule has 0 bridgehead atoms. The second kappa shape index (κ2) is 5.69. The molecule has 6 heteroatoms. The number of allylic oxidation sites excluding steroid dienone is 1. The fraction of sp³-hybridized carbons (Fsp3) is 0.111. The first-order chi connectivity index (χ1) is 11.6. The number of aromatic amines is 1. The molecule has 0 aliphatic rings. The molecule has 5 nitrogen and oxygen atoms in total. The van der Waals surface area contributed by atoms with Gasteiger partial charge in [-0.15, -0.1) is 0 Å². The largest absolute Gasteiger partial charge is 0.383 e. The molecular formula is C18H16ClN5. The highest BCUT2D eigenvalue weighted by Gasteiger charge is 2.12. The number of halogens is 1. The van der Waals surface area contributed by atoms with Gasteiger partial charge >= 0.3 is 0 Å². The number of aromatic nitrogens is 4. The molecular weight excluding hydrogens is 322 g/mol. The lowest BCUT2D eigenvalue weighted by Crippen LogP contribution is -2.09. The topological polar surface area (TPSA) is 58.0 Å². The SMILES string of the molecule is C=C(C)NCc1cc2cc(Cl)c(-c3cn4cccnc4n3)cc2[nH]1. The van der Waals surface area contributed by atoms with Crippen molar-refractivity contribution in [2.75, 3.05) is 0 Å². The Bertz CT molecular complexity index is 1030. The van der Waals surface area contributed by atoms with Crippen molar-refractivity contribution in [3.63, 3.8) is 0 Å². The first kappa shape index (κ1) is 14.8. The van der Waals surface area contributed by atoms with Crippen molar-refractivity contribution in [3.8, 4) is 11.3 Å². The van der Waals surface area contributed by atoms with Crippen LogP contribution < -0.4 is 5.32 Å². The second-order valence-corrected chi connectivity index (χ2v) is 6.21. The van der Waals surface area contributed by atoms with Crippen molar-refractivity contribution in [2.24, 2.45) is 0 Å². The molecule has 0 fully saturated rings. The van der Waals surface area contributed by atoms with Crippen molar-refractivity contribution < 1.29 is 0 Å². The first-order valence-electron chi connectivity index (χ1n) is 7.61. The maximum atomic E-state index is 6.49. The van der Waals surface area contributed by atoms with Crippen LogP contribution in [0.25, 0.3) is 27.9 Å². The molecule has 4 aromatic rings. The van der Waals surface area contributed by atoms with Gasteiger partial charge in [0, 0.05) is 46.4 Å². The van der Waals surface area contributed by atoms with Gasteiger partial charge in [-0.1, -0.05) is 18.2 Å². The zero-order valence-corrected chi connectivity index (χ0v) is 13.9. The molecule has 0 amide bonds. The van der Waals surface area contributed by atoms with Crippen molar-refractivity contribution >= 4 is 28.3 Å². The number of fused-ring (bicyclic) bond motifs is 2. The van der Waals surface area contributed by atoms with Crippen LogP contribution in [0.4, 0.5) is 0 Å². The van der Waals surface area contributed by atoms with E-state index in [1.807, 2.05) is 41.9 Å². The molecule has 1 aromatic carbocycles. The van der Waals surface area contributed by atoms with Gasteiger partial charge in [0.25, 0.3) is 0 Å². The van der Waals surface area contributed by atoms with Gasteiger partial charge in [0.05, 0.1) is 17.3 Å². The summed E-state index contributed by atoms with van der Waals surface area (Å²) in [6.45, 7) is 6.49. The van der Waals surface area contributed by atoms with Gasteiger partial charge in [-0.05, 0) is 31.2 Å². The van der Waals surface area contributed by atoms with Crippen LogP contribution in [0.15, 0.2) is 55.1 Å². The Morgan fingerprint density at radius 1 is 1.38 bits per heavy atom. The Morgan fingerprint density at radius 3 is 3.04 bits per heavy atom. The Balaban J connectivity index is 1.77. The van der Waals surface area contributed by atoms with E-state index in [1.54, 1.807) is 6.20 Å². The average molecular weight is 338 g/mol. The number of hydrogen-bond donors (Lipinski definition) is 2. The fourth-order valence-corrected chi connectivity index (χ4v) is 2.98. The lowest BCUT2D eigenvalue weighted by atomic mass is 10.1. The van der Waals surface area contributed by atoms with Crippen LogP contribution in [-0.4, -0.2) is 19.4 Å². The molecule has 4 rings (SSSR count). The third-order valence-corrected chi connectivity index (χ3v) is 4.17. The van der Waals surface area contributed by atoms with E-state index < -0.39 is 0 Å². The molecule has 3 aromatic heterocycles. The summed E-state index contributed by atoms with van der Waals surface area (Å²) in [5, 5.41) is 4.96. The van der Waals surface area contributed by atoms with E-state index >= 15 is 0 Å². The minimum absolute atomic E-state index is 0.654. The van der Waals surface area contributed by atoms with Gasteiger partial charge in [-0.25, -0.2) is 9.97 Å². The second-order valence-electron chi connectivity index (χ2n) is 5.80. The standard InChI is InChI=1S/C18H16ClN5/c1-11(2)21-9-13-6-12-7-15(19)14(8-16(12)22-13)17-10-24-5-3-4-20-18(24)23-17/h3-8,10,21-22H,1,9H2,2H3. The summed E-state index contributed by atoms with van der Waals surface area (Å²) in [5.41, 5.74) is 4.73. The number of benzene rings is 1. The third kappa shape index (κ3) is 2.63. The predicted octanol–water partition coefficient (Wildman–Crippen LogP) is 4.15. The van der Waals surface area contributed by atoms with E-state index in [1.165, 1.54) is 0 Å². The molecule has 3 heterocycles. The minimum atomic E-state index is 0.654. The summed E-state index contributed by atoms with van der Waals surface area (Å²) in [6, 6.07) is 7.95. The Labute approximate surface area is 144 Å². The molecule has 0 unspecified atom stereocenters. The van der Waals surface area contributed by atoms with Crippen molar-refractivity contribution in [3.05, 3.63) is 65.8 Å². The van der Waals surface area contributed by atoms with E-state index in [9.17, 15) is 0 Å². The number of imidazole rings is 1. The van der Waals surface area contributed by atoms with Crippen molar-refractivity contribution in [1.29, 1.82) is 0 Å². The maximum absolute atomic E-state index is 6.49. The highest BCUT2D eigenvalue weighted by molar-refractivity contribution is 6.34. The predicted molar refractivity (Wildman–Crippen MR) is 96.9 cm³/mol. The van der Waals surface area contributed by atoms with Crippen LogP contribution in [-0.2, 0) is 6.54 Å². The Hall–Kier alpha value is -2.79. The highest BCUT2D eigenvalue weighted by Crippen LogP contribution is 2.32. The van der Waals surface area contributed by atoms with Crippen LogP contribution in [0.5, 0.6) is 0 Å². The molecule has 24 heavy (non-hydrogen) atoms. The summed E-state index contributed by atoms with van der Waals surface area (Å²) in [7, 11) is 0. The molecule has 0 aliphatic carbocycles. The average Bonchev–Trinajstić information content (AvgIpc) is 3.14. The first-order valence-corrected chi connectivity index (χ1v) is 7.98. The van der Waals surface area contributed by atoms with E-state index in [0.717, 1.165) is 33.6 Å². The van der Waals surface area contributed by atoms with E-state index in [4.69, 9.17) is 11.6 Å². The minimum Gasteiger partial charge on any atom is -0.383 e. The Morgan fingerprint density at radius 2 is 2.25 bits per heavy atom. The van der Waals surface area contributed by atoms with Crippen LogP contribution in [0.1, 0.15) is 12.6 Å². The van der Waals surface area contributed by atoms with Gasteiger partial charge in [0.1, 0.15) is 0 Å². The molecule has 0 spiro atoms. The quantitative estimate of drug-likeness (QED) is 0.588. The van der Waals surface area contributed by atoms with Gasteiger partial charge in [-0.3, -0.25) is 4.40 Å². The van der Waals surface area contributed by atoms with Crippen LogP contribution in [0, 0.1) is 0 Å². The fourth-order valence-electron chi connectivity index (χ4n) is 2.71. The monoisotopic (exact) mass is 337 g/mol. The highest BCUT2D eigenvalue weighted by atomic mass is 35.5. The smallest absolute Gasteiger partial charge is 0.234 e. The van der Waals surface area contributed by atoms with Crippen LogP contribution in [0.2, 0.25) is 5.02 Å².